The Morgan fingerprint density at radius 1 is 1.75 bits per heavy atom. The van der Waals surface area contributed by atoms with Crippen molar-refractivity contribution in [1.82, 2.24) is 0 Å². The summed E-state index contributed by atoms with van der Waals surface area (Å²) in [6, 6.07) is 1.81. The number of hydrogen-bond donors (Lipinski definition) is 0. The van der Waals surface area contributed by atoms with Gasteiger partial charge in [0.05, 0.1) is 11.8 Å². The molecule has 0 bridgehead atoms. The Hall–Kier alpha value is -0.750. The molecule has 42 valence electrons. The van der Waals surface area contributed by atoms with E-state index in [-0.39, 0.29) is 0 Å². The lowest BCUT2D eigenvalue weighted by molar-refractivity contribution is -0.105. The SMILES string of the molecule is N#CC=CSCC=O. The van der Waals surface area contributed by atoms with Crippen LogP contribution in [-0.4, -0.2) is 12.0 Å². The fourth-order valence-corrected chi connectivity index (χ4v) is 0.520. The molecule has 0 saturated carbocycles. The molecule has 0 amide bonds. The molecule has 0 aromatic rings. The summed E-state index contributed by atoms with van der Waals surface area (Å²) >= 11 is 1.31. The number of hydrogen-bond acceptors (Lipinski definition) is 3. The van der Waals surface area contributed by atoms with Gasteiger partial charge in [0.15, 0.2) is 0 Å². The Morgan fingerprint density at radius 2 is 2.50 bits per heavy atom. The topological polar surface area (TPSA) is 40.9 Å². The first kappa shape index (κ1) is 7.25. The number of carbonyl (C=O) groups excluding carboxylic acids is 1. The Morgan fingerprint density at radius 3 is 3.00 bits per heavy atom. The predicted molar refractivity (Wildman–Crippen MR) is 33.3 cm³/mol. The van der Waals surface area contributed by atoms with Crippen molar-refractivity contribution in [2.24, 2.45) is 0 Å². The smallest absolute Gasteiger partial charge is 0.130 e. The number of allylic oxidation sites excluding steroid dienone is 1. The molecule has 0 rings (SSSR count). The molecule has 0 saturated heterocycles. The van der Waals surface area contributed by atoms with Gasteiger partial charge in [0.25, 0.3) is 0 Å². The predicted octanol–water partition coefficient (Wildman–Crippen LogP) is 0.956. The van der Waals surface area contributed by atoms with E-state index < -0.39 is 0 Å². The average Bonchev–Trinajstić information content (AvgIpc) is 1.81. The highest BCUT2D eigenvalue weighted by Crippen LogP contribution is 1.96. The molecule has 0 heterocycles. The number of nitriles is 1. The van der Waals surface area contributed by atoms with Crippen molar-refractivity contribution in [3.8, 4) is 6.07 Å². The van der Waals surface area contributed by atoms with Crippen LogP contribution in [0.5, 0.6) is 0 Å². The van der Waals surface area contributed by atoms with E-state index in [0.29, 0.717) is 5.75 Å². The van der Waals surface area contributed by atoms with Gasteiger partial charge >= 0.3 is 0 Å². The number of rotatable bonds is 3. The molecule has 3 heteroatoms. The maximum absolute atomic E-state index is 9.63. The summed E-state index contributed by atoms with van der Waals surface area (Å²) in [4.78, 5) is 9.63. The second-order valence-corrected chi connectivity index (χ2v) is 1.87. The fourth-order valence-electron chi connectivity index (χ4n) is 0.173. The summed E-state index contributed by atoms with van der Waals surface area (Å²) in [5.74, 6) is 0.429. The van der Waals surface area contributed by atoms with Gasteiger partial charge < -0.3 is 4.79 Å². The van der Waals surface area contributed by atoms with Crippen LogP contribution in [0.3, 0.4) is 0 Å². The lowest BCUT2D eigenvalue weighted by Crippen LogP contribution is -1.71. The standard InChI is InChI=1S/C5H5NOS/c6-2-1-4-8-5-3-7/h1,3-4H,5H2. The monoisotopic (exact) mass is 127 g/mol. The van der Waals surface area contributed by atoms with E-state index in [4.69, 9.17) is 5.26 Å². The molecule has 0 aliphatic rings. The number of nitrogens with zero attached hydrogens (tertiary/aromatic N) is 1. The van der Waals surface area contributed by atoms with Crippen LogP contribution in [0.2, 0.25) is 0 Å². The zero-order valence-electron chi connectivity index (χ0n) is 4.20. The van der Waals surface area contributed by atoms with Gasteiger partial charge in [0.2, 0.25) is 0 Å². The Bertz CT molecular complexity index is 125. The van der Waals surface area contributed by atoms with Crippen molar-refractivity contribution in [3.63, 3.8) is 0 Å². The molecule has 0 aliphatic heterocycles. The zero-order chi connectivity index (χ0) is 6.24. The van der Waals surface area contributed by atoms with Gasteiger partial charge in [-0.05, 0) is 5.41 Å². The van der Waals surface area contributed by atoms with E-state index in [1.807, 2.05) is 6.07 Å². The zero-order valence-corrected chi connectivity index (χ0v) is 5.02. The average molecular weight is 127 g/mol. The van der Waals surface area contributed by atoms with Gasteiger partial charge in [-0.1, -0.05) is 0 Å². The first-order chi connectivity index (χ1) is 3.91. The van der Waals surface area contributed by atoms with Gasteiger partial charge in [-0.3, -0.25) is 0 Å². The largest absolute Gasteiger partial charge is 0.302 e. The van der Waals surface area contributed by atoms with Gasteiger partial charge in [0.1, 0.15) is 6.29 Å². The van der Waals surface area contributed by atoms with E-state index in [1.54, 1.807) is 5.41 Å². The minimum Gasteiger partial charge on any atom is -0.302 e. The molecule has 0 N–H and O–H groups in total. The minimum absolute atomic E-state index is 0.429. The summed E-state index contributed by atoms with van der Waals surface area (Å²) in [6.07, 6.45) is 2.14. The molecule has 0 fully saturated rings. The molecule has 0 spiro atoms. The van der Waals surface area contributed by atoms with Crippen molar-refractivity contribution in [3.05, 3.63) is 11.5 Å². The third kappa shape index (κ3) is 5.25. The summed E-state index contributed by atoms with van der Waals surface area (Å²) in [5, 5.41) is 9.52. The highest BCUT2D eigenvalue weighted by atomic mass is 32.2. The van der Waals surface area contributed by atoms with E-state index in [2.05, 4.69) is 0 Å². The summed E-state index contributed by atoms with van der Waals surface area (Å²) in [5.41, 5.74) is 0. The molecule has 8 heavy (non-hydrogen) atoms. The first-order valence-corrected chi connectivity index (χ1v) is 3.06. The summed E-state index contributed by atoms with van der Waals surface area (Å²) in [7, 11) is 0. The van der Waals surface area contributed by atoms with Crippen LogP contribution in [0.15, 0.2) is 11.5 Å². The molecule has 0 atom stereocenters. The Balaban J connectivity index is 3.06. The van der Waals surface area contributed by atoms with Crippen LogP contribution in [0.1, 0.15) is 0 Å². The van der Waals surface area contributed by atoms with Gasteiger partial charge in [-0.15, -0.1) is 11.8 Å². The van der Waals surface area contributed by atoms with E-state index in [1.165, 1.54) is 17.8 Å². The van der Waals surface area contributed by atoms with Crippen LogP contribution in [0, 0.1) is 11.3 Å². The number of aldehydes is 1. The number of thioether (sulfide) groups is 1. The lowest BCUT2D eigenvalue weighted by Gasteiger charge is -1.75. The van der Waals surface area contributed by atoms with Crippen molar-refractivity contribution < 1.29 is 4.79 Å². The van der Waals surface area contributed by atoms with Crippen molar-refractivity contribution in [2.45, 2.75) is 0 Å². The Labute approximate surface area is 52.2 Å². The number of carbonyl (C=O) groups is 1. The van der Waals surface area contributed by atoms with Crippen LogP contribution >= 0.6 is 11.8 Å². The van der Waals surface area contributed by atoms with E-state index >= 15 is 0 Å². The molecule has 0 aromatic heterocycles. The maximum atomic E-state index is 9.63. The third-order valence-corrected chi connectivity index (χ3v) is 1.06. The quantitative estimate of drug-likeness (QED) is 0.322. The van der Waals surface area contributed by atoms with Crippen molar-refractivity contribution in [2.75, 3.05) is 5.75 Å². The molecular formula is C5H5NOS. The van der Waals surface area contributed by atoms with Crippen molar-refractivity contribution in [1.29, 1.82) is 5.26 Å². The van der Waals surface area contributed by atoms with Crippen LogP contribution in [0.4, 0.5) is 0 Å². The van der Waals surface area contributed by atoms with Gasteiger partial charge in [-0.25, -0.2) is 0 Å². The van der Waals surface area contributed by atoms with E-state index in [0.717, 1.165) is 6.29 Å². The molecular weight excluding hydrogens is 122 g/mol. The highest BCUT2D eigenvalue weighted by molar-refractivity contribution is 8.02. The first-order valence-electron chi connectivity index (χ1n) is 2.01. The molecule has 2 nitrogen and oxygen atoms in total. The molecule has 0 radical (unpaired) electrons. The normalized spacial score (nSPS) is 8.88. The lowest BCUT2D eigenvalue weighted by atomic mass is 10.7. The van der Waals surface area contributed by atoms with Crippen molar-refractivity contribution >= 4 is 18.0 Å². The second-order valence-electron chi connectivity index (χ2n) is 0.932. The molecule has 0 aliphatic carbocycles. The summed E-state index contributed by atoms with van der Waals surface area (Å²) < 4.78 is 0. The Kier molecular flexibility index (Phi) is 5.66. The third-order valence-electron chi connectivity index (χ3n) is 0.403. The molecule has 0 unspecified atom stereocenters. The van der Waals surface area contributed by atoms with Crippen LogP contribution < -0.4 is 0 Å². The second kappa shape index (κ2) is 6.25. The maximum Gasteiger partial charge on any atom is 0.130 e. The van der Waals surface area contributed by atoms with Gasteiger partial charge in [0, 0.05) is 6.08 Å². The fraction of sp³-hybridized carbons (Fsp3) is 0.200. The minimum atomic E-state index is 0.429. The van der Waals surface area contributed by atoms with Crippen LogP contribution in [-0.2, 0) is 4.79 Å². The van der Waals surface area contributed by atoms with E-state index in [9.17, 15) is 4.79 Å². The highest BCUT2D eigenvalue weighted by Gasteiger charge is 1.73. The summed E-state index contributed by atoms with van der Waals surface area (Å²) in [6.45, 7) is 0. The van der Waals surface area contributed by atoms with Crippen LogP contribution in [0.25, 0.3) is 0 Å². The molecule has 0 aromatic carbocycles. The van der Waals surface area contributed by atoms with Gasteiger partial charge in [-0.2, -0.15) is 5.26 Å².